The maximum absolute atomic E-state index is 9.39. The first kappa shape index (κ1) is 10.1. The molecule has 0 aliphatic carbocycles. The van der Waals surface area contributed by atoms with Gasteiger partial charge in [-0.3, -0.25) is 0 Å². The molecule has 1 atom stereocenters. The highest BCUT2D eigenvalue weighted by atomic mass is 127. The molecule has 1 rings (SSSR count). The predicted octanol–water partition coefficient (Wildman–Crippen LogP) is 2.98. The summed E-state index contributed by atoms with van der Waals surface area (Å²) in [5.74, 6) is 0.341. The van der Waals surface area contributed by atoms with E-state index in [1.165, 1.54) is 0 Å². The van der Waals surface area contributed by atoms with Crippen LogP contribution in [0.2, 0.25) is 0 Å². The Bertz CT molecular complexity index is 252. The summed E-state index contributed by atoms with van der Waals surface area (Å²) >= 11 is 8.19. The largest absolute Gasteiger partial charge is 0.508 e. The second-order valence-corrected chi connectivity index (χ2v) is 4.08. The molecule has 1 aromatic carbocycles. The Morgan fingerprint density at radius 3 is 2.67 bits per heavy atom. The van der Waals surface area contributed by atoms with Crippen molar-refractivity contribution >= 4 is 34.2 Å². The molecule has 1 N–H and O–H groups in total. The van der Waals surface area contributed by atoms with E-state index >= 15 is 0 Å². The number of alkyl halides is 2. The quantitative estimate of drug-likeness (QED) is 0.671. The summed E-state index contributed by atoms with van der Waals surface area (Å²) in [6, 6.07) is 7.31. The van der Waals surface area contributed by atoms with E-state index in [0.29, 0.717) is 5.75 Å². The maximum Gasteiger partial charge on any atom is 0.118 e. The fraction of sp³-hybridized carbons (Fsp3) is 0.333. The minimum atomic E-state index is 0.110. The molecule has 0 fully saturated rings. The Morgan fingerprint density at radius 2 is 2.08 bits per heavy atom. The number of phenols is 1. The topological polar surface area (TPSA) is 20.2 Å². The zero-order chi connectivity index (χ0) is 8.97. The van der Waals surface area contributed by atoms with E-state index in [2.05, 4.69) is 22.6 Å². The fourth-order valence-electron chi connectivity index (χ4n) is 0.977. The first-order valence-corrected chi connectivity index (χ1v) is 5.67. The molecule has 0 saturated carbocycles. The highest BCUT2D eigenvalue weighted by Crippen LogP contribution is 2.19. The van der Waals surface area contributed by atoms with Gasteiger partial charge in [-0.2, -0.15) is 0 Å². The van der Waals surface area contributed by atoms with Gasteiger partial charge in [0.05, 0.1) is 0 Å². The summed E-state index contributed by atoms with van der Waals surface area (Å²) in [4.78, 5) is 0. The van der Waals surface area contributed by atoms with E-state index in [4.69, 9.17) is 11.6 Å². The van der Waals surface area contributed by atoms with Crippen LogP contribution in [-0.4, -0.2) is 14.9 Å². The summed E-state index contributed by atoms with van der Waals surface area (Å²) in [7, 11) is 0. The number of hydrogen-bond acceptors (Lipinski definition) is 1. The second-order valence-electron chi connectivity index (χ2n) is 2.58. The van der Waals surface area contributed by atoms with Crippen LogP contribution in [0.5, 0.6) is 5.75 Å². The third-order valence-electron chi connectivity index (χ3n) is 1.60. The Balaban J connectivity index is 2.69. The maximum atomic E-state index is 9.39. The summed E-state index contributed by atoms with van der Waals surface area (Å²) in [6.45, 7) is 0. The summed E-state index contributed by atoms with van der Waals surface area (Å²) in [6.07, 6.45) is 0.733. The fourth-order valence-corrected chi connectivity index (χ4v) is 1.45. The van der Waals surface area contributed by atoms with Crippen molar-refractivity contribution in [2.24, 2.45) is 0 Å². The van der Waals surface area contributed by atoms with Gasteiger partial charge in [0.25, 0.3) is 0 Å². The number of para-hydroxylation sites is 1. The lowest BCUT2D eigenvalue weighted by atomic mass is 10.1. The highest BCUT2D eigenvalue weighted by molar-refractivity contribution is 14.1. The van der Waals surface area contributed by atoms with Crippen molar-refractivity contribution in [2.75, 3.05) is 4.43 Å². The zero-order valence-corrected chi connectivity index (χ0v) is 9.42. The number of hydrogen-bond donors (Lipinski definition) is 1. The van der Waals surface area contributed by atoms with E-state index in [9.17, 15) is 5.11 Å². The third kappa shape index (κ3) is 2.83. The first-order chi connectivity index (χ1) is 5.74. The van der Waals surface area contributed by atoms with E-state index in [-0.39, 0.29) is 5.38 Å². The van der Waals surface area contributed by atoms with Crippen molar-refractivity contribution in [3.05, 3.63) is 29.8 Å². The first-order valence-electron chi connectivity index (χ1n) is 3.71. The molecule has 0 heterocycles. The van der Waals surface area contributed by atoms with Crippen LogP contribution in [0.3, 0.4) is 0 Å². The van der Waals surface area contributed by atoms with Gasteiger partial charge in [0.1, 0.15) is 5.75 Å². The molecule has 0 spiro atoms. The number of aromatic hydroxyl groups is 1. The van der Waals surface area contributed by atoms with Crippen LogP contribution in [0.25, 0.3) is 0 Å². The van der Waals surface area contributed by atoms with Gasteiger partial charge in [-0.1, -0.05) is 40.8 Å². The molecule has 0 saturated heterocycles. The number of halogens is 2. The van der Waals surface area contributed by atoms with Crippen LogP contribution in [0.15, 0.2) is 24.3 Å². The van der Waals surface area contributed by atoms with Gasteiger partial charge < -0.3 is 5.11 Å². The van der Waals surface area contributed by atoms with Gasteiger partial charge >= 0.3 is 0 Å². The highest BCUT2D eigenvalue weighted by Gasteiger charge is 2.06. The predicted molar refractivity (Wildman–Crippen MR) is 60.3 cm³/mol. The Kier molecular flexibility index (Phi) is 4.15. The Labute approximate surface area is 90.9 Å². The number of benzene rings is 1. The summed E-state index contributed by atoms with van der Waals surface area (Å²) in [5.41, 5.74) is 0.925. The molecule has 0 aromatic heterocycles. The van der Waals surface area contributed by atoms with Crippen molar-refractivity contribution in [3.63, 3.8) is 0 Å². The molecular weight excluding hydrogens is 286 g/mol. The molecule has 0 radical (unpaired) electrons. The summed E-state index contributed by atoms with van der Waals surface area (Å²) in [5, 5.41) is 9.50. The van der Waals surface area contributed by atoms with E-state index < -0.39 is 0 Å². The average molecular weight is 297 g/mol. The summed E-state index contributed by atoms with van der Waals surface area (Å²) < 4.78 is 0.896. The monoisotopic (exact) mass is 296 g/mol. The van der Waals surface area contributed by atoms with Gasteiger partial charge in [-0.05, 0) is 18.1 Å². The standard InChI is InChI=1S/C9H10ClIO/c10-8(6-11)5-7-3-1-2-4-9(7)12/h1-4,8,12H,5-6H2. The van der Waals surface area contributed by atoms with Crippen LogP contribution in [0, 0.1) is 0 Å². The molecule has 0 aliphatic heterocycles. The van der Waals surface area contributed by atoms with Crippen LogP contribution >= 0.6 is 34.2 Å². The Hall–Kier alpha value is 0.0400. The van der Waals surface area contributed by atoms with Gasteiger partial charge in [0, 0.05) is 9.80 Å². The number of rotatable bonds is 3. The van der Waals surface area contributed by atoms with E-state index in [0.717, 1.165) is 16.4 Å². The molecule has 1 aromatic rings. The lowest BCUT2D eigenvalue weighted by Gasteiger charge is -2.06. The lowest BCUT2D eigenvalue weighted by molar-refractivity contribution is 0.468. The average Bonchev–Trinajstić information content (AvgIpc) is 2.09. The second kappa shape index (κ2) is 4.92. The molecule has 0 aliphatic rings. The minimum Gasteiger partial charge on any atom is -0.508 e. The van der Waals surface area contributed by atoms with Gasteiger partial charge in [-0.25, -0.2) is 0 Å². The van der Waals surface area contributed by atoms with Crippen molar-refractivity contribution in [1.29, 1.82) is 0 Å². The molecular formula is C9H10ClIO. The smallest absolute Gasteiger partial charge is 0.118 e. The lowest BCUT2D eigenvalue weighted by Crippen LogP contribution is -2.04. The minimum absolute atomic E-state index is 0.110. The van der Waals surface area contributed by atoms with Crippen molar-refractivity contribution < 1.29 is 5.11 Å². The van der Waals surface area contributed by atoms with Crippen molar-refractivity contribution in [1.82, 2.24) is 0 Å². The van der Waals surface area contributed by atoms with Gasteiger partial charge in [0.2, 0.25) is 0 Å². The van der Waals surface area contributed by atoms with Crippen molar-refractivity contribution in [3.8, 4) is 5.75 Å². The van der Waals surface area contributed by atoms with Crippen LogP contribution in [0.4, 0.5) is 0 Å². The molecule has 0 bridgehead atoms. The third-order valence-corrected chi connectivity index (χ3v) is 3.49. The van der Waals surface area contributed by atoms with E-state index in [1.54, 1.807) is 6.07 Å². The van der Waals surface area contributed by atoms with Crippen LogP contribution in [-0.2, 0) is 6.42 Å². The normalized spacial score (nSPS) is 12.8. The zero-order valence-electron chi connectivity index (χ0n) is 6.50. The molecule has 66 valence electrons. The molecule has 12 heavy (non-hydrogen) atoms. The number of phenolic OH excluding ortho intramolecular Hbond substituents is 1. The molecule has 0 amide bonds. The SMILES string of the molecule is Oc1ccccc1CC(Cl)CI. The van der Waals surface area contributed by atoms with Crippen molar-refractivity contribution in [2.45, 2.75) is 11.8 Å². The molecule has 3 heteroatoms. The molecule has 1 nitrogen and oxygen atoms in total. The van der Waals surface area contributed by atoms with Gasteiger partial charge in [-0.15, -0.1) is 11.6 Å². The van der Waals surface area contributed by atoms with E-state index in [1.807, 2.05) is 18.2 Å². The molecule has 1 unspecified atom stereocenters. The Morgan fingerprint density at radius 1 is 1.42 bits per heavy atom. The van der Waals surface area contributed by atoms with Crippen LogP contribution in [0.1, 0.15) is 5.56 Å². The van der Waals surface area contributed by atoms with Crippen LogP contribution < -0.4 is 0 Å². The van der Waals surface area contributed by atoms with Gasteiger partial charge in [0.15, 0.2) is 0 Å².